The normalized spacial score (nSPS) is 35.6. The molecule has 50 valence electrons. The number of nitriles is 1. The number of piperazine rings is 1. The van der Waals surface area contributed by atoms with E-state index in [1.54, 1.807) is 0 Å². The van der Waals surface area contributed by atoms with Crippen LogP contribution in [-0.2, 0) is 0 Å². The van der Waals surface area contributed by atoms with E-state index in [0.29, 0.717) is 13.1 Å². The Kier molecular flexibility index (Phi) is 2.29. The van der Waals surface area contributed by atoms with Crippen LogP contribution in [0.25, 0.3) is 0 Å². The lowest BCUT2D eigenvalue weighted by atomic mass is 10.3. The fourth-order valence-electron chi connectivity index (χ4n) is 0.727. The van der Waals surface area contributed by atoms with E-state index in [0.717, 1.165) is 0 Å². The average molecular weight is 146 g/mol. The second-order valence-corrected chi connectivity index (χ2v) is 2.49. The number of rotatable bonds is 0. The van der Waals surface area contributed by atoms with E-state index in [4.69, 9.17) is 16.9 Å². The van der Waals surface area contributed by atoms with Gasteiger partial charge in [-0.2, -0.15) is 5.26 Å². The molecule has 1 fully saturated rings. The molecule has 0 radical (unpaired) electrons. The van der Waals surface area contributed by atoms with Gasteiger partial charge in [0.25, 0.3) is 0 Å². The molecule has 0 amide bonds. The van der Waals surface area contributed by atoms with E-state index >= 15 is 0 Å². The van der Waals surface area contributed by atoms with Crippen LogP contribution in [0.15, 0.2) is 0 Å². The van der Waals surface area contributed by atoms with Crippen molar-refractivity contribution in [2.24, 2.45) is 0 Å². The highest BCUT2D eigenvalue weighted by atomic mass is 35.5. The molecule has 0 aliphatic carbocycles. The van der Waals surface area contributed by atoms with Gasteiger partial charge in [-0.05, 0) is 0 Å². The van der Waals surface area contributed by atoms with Crippen LogP contribution in [0.5, 0.6) is 0 Å². The Hall–Kier alpha value is -0.300. The number of halogens is 1. The summed E-state index contributed by atoms with van der Waals surface area (Å²) in [6.45, 7) is 1.31. The second kappa shape index (κ2) is 3.02. The van der Waals surface area contributed by atoms with Gasteiger partial charge < -0.3 is 0 Å². The molecule has 0 spiro atoms. The highest BCUT2D eigenvalue weighted by Crippen LogP contribution is 1.95. The average Bonchev–Trinajstić information content (AvgIpc) is 1.90. The molecule has 2 N–H and O–H groups in total. The van der Waals surface area contributed by atoms with E-state index in [1.165, 1.54) is 0 Å². The Morgan fingerprint density at radius 1 is 1.44 bits per heavy atom. The molecule has 9 heavy (non-hydrogen) atoms. The first-order valence-corrected chi connectivity index (χ1v) is 3.27. The zero-order valence-electron chi connectivity index (χ0n) is 4.89. The Balaban J connectivity index is 2.28. The van der Waals surface area contributed by atoms with Gasteiger partial charge in [0.1, 0.15) is 6.04 Å². The van der Waals surface area contributed by atoms with Crippen molar-refractivity contribution in [3.05, 3.63) is 0 Å². The number of hydrogen-bond donors (Lipinski definition) is 2. The SMILES string of the molecule is N#CC1CNC(Cl)CN1. The number of alkyl halides is 1. The molecule has 1 rings (SSSR count). The molecule has 2 unspecified atom stereocenters. The van der Waals surface area contributed by atoms with Crippen LogP contribution in [-0.4, -0.2) is 24.6 Å². The van der Waals surface area contributed by atoms with Crippen molar-refractivity contribution in [2.75, 3.05) is 13.1 Å². The van der Waals surface area contributed by atoms with Gasteiger partial charge in [0.15, 0.2) is 0 Å². The molecule has 0 aromatic rings. The molecule has 0 aromatic carbocycles. The molecule has 0 aromatic heterocycles. The van der Waals surface area contributed by atoms with Crippen molar-refractivity contribution in [3.8, 4) is 6.07 Å². The van der Waals surface area contributed by atoms with Crippen LogP contribution in [0, 0.1) is 11.3 Å². The number of nitrogens with zero attached hydrogens (tertiary/aromatic N) is 1. The lowest BCUT2D eigenvalue weighted by Crippen LogP contribution is -2.51. The molecule has 2 atom stereocenters. The summed E-state index contributed by atoms with van der Waals surface area (Å²) in [7, 11) is 0. The van der Waals surface area contributed by atoms with Crippen LogP contribution >= 0.6 is 11.6 Å². The van der Waals surface area contributed by atoms with E-state index < -0.39 is 0 Å². The van der Waals surface area contributed by atoms with Gasteiger partial charge >= 0.3 is 0 Å². The fraction of sp³-hybridized carbons (Fsp3) is 0.800. The molecule has 1 aliphatic rings. The lowest BCUT2D eigenvalue weighted by Gasteiger charge is -2.22. The van der Waals surface area contributed by atoms with Crippen LogP contribution in [0.3, 0.4) is 0 Å². The predicted molar refractivity (Wildman–Crippen MR) is 35.0 cm³/mol. The third kappa shape index (κ3) is 1.83. The van der Waals surface area contributed by atoms with E-state index in [9.17, 15) is 0 Å². The van der Waals surface area contributed by atoms with Crippen molar-refractivity contribution in [1.82, 2.24) is 10.6 Å². The summed E-state index contributed by atoms with van der Waals surface area (Å²) in [5, 5.41) is 14.3. The summed E-state index contributed by atoms with van der Waals surface area (Å²) in [6, 6.07) is 2.02. The first-order chi connectivity index (χ1) is 4.33. The van der Waals surface area contributed by atoms with Crippen molar-refractivity contribution in [3.63, 3.8) is 0 Å². The van der Waals surface area contributed by atoms with Gasteiger partial charge in [0.05, 0.1) is 11.6 Å². The summed E-state index contributed by atoms with van der Waals surface area (Å²) >= 11 is 5.66. The molecule has 1 aliphatic heterocycles. The van der Waals surface area contributed by atoms with Gasteiger partial charge in [-0.25, -0.2) is 0 Å². The summed E-state index contributed by atoms with van der Waals surface area (Å²) in [6.07, 6.45) is 0. The predicted octanol–water partition coefficient (Wildman–Crippen LogP) is -0.364. The Bertz CT molecular complexity index is 123. The van der Waals surface area contributed by atoms with Crippen LogP contribution in [0.4, 0.5) is 0 Å². The first kappa shape index (κ1) is 6.81. The third-order valence-electron chi connectivity index (χ3n) is 1.24. The van der Waals surface area contributed by atoms with Crippen molar-refractivity contribution >= 4 is 11.6 Å². The van der Waals surface area contributed by atoms with Crippen molar-refractivity contribution in [2.45, 2.75) is 11.5 Å². The highest BCUT2D eigenvalue weighted by Gasteiger charge is 2.15. The van der Waals surface area contributed by atoms with Gasteiger partial charge in [-0.15, -0.1) is 11.6 Å². The van der Waals surface area contributed by atoms with E-state index in [1.807, 2.05) is 0 Å². The minimum atomic E-state index is -0.0694. The Labute approximate surface area is 59.0 Å². The standard InChI is InChI=1S/C5H8ClN3/c6-5-3-8-4(1-7)2-9-5/h4-5,8-9H,2-3H2. The monoisotopic (exact) mass is 145 g/mol. The molecular formula is C5H8ClN3. The second-order valence-electron chi connectivity index (χ2n) is 1.97. The van der Waals surface area contributed by atoms with Gasteiger partial charge in [-0.1, -0.05) is 0 Å². The smallest absolute Gasteiger partial charge is 0.108 e. The molecular weight excluding hydrogens is 138 g/mol. The van der Waals surface area contributed by atoms with Crippen molar-refractivity contribution < 1.29 is 0 Å². The van der Waals surface area contributed by atoms with Gasteiger partial charge in [-0.3, -0.25) is 10.6 Å². The van der Waals surface area contributed by atoms with Gasteiger partial charge in [0.2, 0.25) is 0 Å². The van der Waals surface area contributed by atoms with Crippen molar-refractivity contribution in [1.29, 1.82) is 5.26 Å². The molecule has 1 heterocycles. The maximum absolute atomic E-state index is 8.38. The lowest BCUT2D eigenvalue weighted by molar-refractivity contribution is 0.450. The minimum absolute atomic E-state index is 0.0189. The molecule has 3 nitrogen and oxygen atoms in total. The Morgan fingerprint density at radius 2 is 2.22 bits per heavy atom. The highest BCUT2D eigenvalue weighted by molar-refractivity contribution is 6.20. The summed E-state index contributed by atoms with van der Waals surface area (Å²) < 4.78 is 0. The summed E-state index contributed by atoms with van der Waals surface area (Å²) in [4.78, 5) is 0. The minimum Gasteiger partial charge on any atom is -0.298 e. The quantitative estimate of drug-likeness (QED) is 0.362. The maximum atomic E-state index is 8.38. The zero-order valence-corrected chi connectivity index (χ0v) is 5.65. The third-order valence-corrected chi connectivity index (χ3v) is 1.55. The molecule has 0 saturated carbocycles. The number of hydrogen-bond acceptors (Lipinski definition) is 3. The zero-order chi connectivity index (χ0) is 6.69. The van der Waals surface area contributed by atoms with Crippen LogP contribution < -0.4 is 10.6 Å². The topological polar surface area (TPSA) is 47.9 Å². The largest absolute Gasteiger partial charge is 0.298 e. The van der Waals surface area contributed by atoms with Gasteiger partial charge in [0, 0.05) is 13.1 Å². The summed E-state index contributed by atoms with van der Waals surface area (Å²) in [5.41, 5.74) is -0.0189. The number of nitrogens with one attached hydrogen (secondary N) is 2. The summed E-state index contributed by atoms with van der Waals surface area (Å²) in [5.74, 6) is 0. The van der Waals surface area contributed by atoms with E-state index in [-0.39, 0.29) is 11.5 Å². The maximum Gasteiger partial charge on any atom is 0.108 e. The van der Waals surface area contributed by atoms with Crippen LogP contribution in [0.2, 0.25) is 0 Å². The van der Waals surface area contributed by atoms with Crippen LogP contribution in [0.1, 0.15) is 0 Å². The van der Waals surface area contributed by atoms with E-state index in [2.05, 4.69) is 16.7 Å². The molecule has 4 heteroatoms. The first-order valence-electron chi connectivity index (χ1n) is 2.83. The Morgan fingerprint density at radius 3 is 2.67 bits per heavy atom. The molecule has 0 bridgehead atoms. The molecule has 1 saturated heterocycles. The fourth-order valence-corrected chi connectivity index (χ4v) is 0.905.